The van der Waals surface area contributed by atoms with Crippen LogP contribution in [0.2, 0.25) is 0 Å². The van der Waals surface area contributed by atoms with Crippen molar-refractivity contribution in [3.8, 4) is 5.75 Å². The van der Waals surface area contributed by atoms with Gasteiger partial charge in [0.2, 0.25) is 29.5 Å². The van der Waals surface area contributed by atoms with Gasteiger partial charge in [-0.25, -0.2) is 9.78 Å². The molecule has 0 unspecified atom stereocenters. The highest BCUT2D eigenvalue weighted by Gasteiger charge is 2.31. The van der Waals surface area contributed by atoms with Crippen LogP contribution in [0.15, 0.2) is 67.1 Å². The van der Waals surface area contributed by atoms with Gasteiger partial charge in [0, 0.05) is 37.6 Å². The monoisotopic (exact) mass is 766 g/mol. The van der Waals surface area contributed by atoms with Crippen molar-refractivity contribution in [1.29, 1.82) is 0 Å². The van der Waals surface area contributed by atoms with E-state index in [1.165, 1.54) is 36.8 Å². The molecule has 12 N–H and O–H groups in total. The number of carbonyl (C=O) groups is 8. The molecule has 20 heteroatoms. The van der Waals surface area contributed by atoms with Crippen LogP contribution in [0.5, 0.6) is 5.75 Å². The average molecular weight is 767 g/mol. The lowest BCUT2D eigenvalue weighted by Gasteiger charge is -2.24. The van der Waals surface area contributed by atoms with E-state index in [1.54, 1.807) is 30.3 Å². The number of aromatic amines is 1. The summed E-state index contributed by atoms with van der Waals surface area (Å²) in [6, 6.07) is 6.69. The van der Waals surface area contributed by atoms with Crippen LogP contribution in [-0.4, -0.2) is 115 Å². The highest BCUT2D eigenvalue weighted by molar-refractivity contribution is 5.96. The number of phenolic OH excluding ortho intramolecular Hbond substituents is 1. The first-order chi connectivity index (χ1) is 26.1. The van der Waals surface area contributed by atoms with E-state index in [0.717, 1.165) is 0 Å². The molecule has 0 aliphatic heterocycles. The number of carbonyl (C=O) groups excluding carboxylic acids is 5. The Morgan fingerprint density at radius 3 is 1.82 bits per heavy atom. The summed E-state index contributed by atoms with van der Waals surface area (Å²) in [7, 11) is 0. The standard InChI is InChI=1S/C35H42N8O12/c36-23(10-11-29(46)47)31(50)41-25(12-19-4-2-1-3-5-19)34(53)42-26(15-30(48)49)32(51)38-17-28(45)40-24(13-20-6-8-22(44)9-7-20)33(52)43-27(35(54)55)14-21-16-37-18-39-21/h1-9,16,18,23-27,44H,10-15,17,36H2,(H,37,39)(H,38,51)(H,40,45)(H,41,50)(H,42,53)(H,43,52)(H,46,47)(H,48,49)(H,54,55)/t23-,24-,25-,26-,27-/m0/s1. The van der Waals surface area contributed by atoms with Gasteiger partial charge in [-0.1, -0.05) is 42.5 Å². The number of phenols is 1. The molecule has 20 nitrogen and oxygen atoms in total. The van der Waals surface area contributed by atoms with Crippen molar-refractivity contribution in [2.24, 2.45) is 5.73 Å². The minimum absolute atomic E-state index is 0.0712. The molecule has 0 saturated carbocycles. The second kappa shape index (κ2) is 21.0. The number of nitrogens with one attached hydrogen (secondary N) is 6. The van der Waals surface area contributed by atoms with E-state index < -0.39 is 97.0 Å². The third-order valence-corrected chi connectivity index (χ3v) is 7.98. The number of aromatic hydroxyl groups is 1. The van der Waals surface area contributed by atoms with Crippen LogP contribution in [0.3, 0.4) is 0 Å². The summed E-state index contributed by atoms with van der Waals surface area (Å²) in [5.41, 5.74) is 7.25. The molecular formula is C35H42N8O12. The number of carboxylic acids is 3. The maximum Gasteiger partial charge on any atom is 0.326 e. The molecule has 0 aliphatic carbocycles. The molecule has 0 saturated heterocycles. The summed E-state index contributed by atoms with van der Waals surface area (Å²) in [5, 5.41) is 49.5. The van der Waals surface area contributed by atoms with Crippen molar-refractivity contribution in [2.75, 3.05) is 6.54 Å². The zero-order valence-corrected chi connectivity index (χ0v) is 29.3. The van der Waals surface area contributed by atoms with E-state index in [2.05, 4.69) is 36.6 Å². The van der Waals surface area contributed by atoms with Gasteiger partial charge in [0.05, 0.1) is 25.3 Å². The molecule has 5 atom stereocenters. The molecule has 3 aromatic rings. The Bertz CT molecular complexity index is 1810. The van der Waals surface area contributed by atoms with Crippen LogP contribution < -0.4 is 32.3 Å². The van der Waals surface area contributed by atoms with Gasteiger partial charge in [-0.15, -0.1) is 0 Å². The maximum atomic E-state index is 13.4. The predicted molar refractivity (Wildman–Crippen MR) is 190 cm³/mol. The number of aromatic nitrogens is 2. The van der Waals surface area contributed by atoms with Crippen molar-refractivity contribution in [3.63, 3.8) is 0 Å². The number of hydrogen-bond acceptors (Lipinski definition) is 11. The molecule has 294 valence electrons. The fourth-order valence-corrected chi connectivity index (χ4v) is 5.11. The summed E-state index contributed by atoms with van der Waals surface area (Å²) in [6.45, 7) is -0.816. The lowest BCUT2D eigenvalue weighted by atomic mass is 10.0. The number of nitrogens with two attached hydrogens (primary N) is 1. The van der Waals surface area contributed by atoms with Crippen LogP contribution in [0.4, 0.5) is 0 Å². The highest BCUT2D eigenvalue weighted by atomic mass is 16.4. The molecule has 1 aromatic heterocycles. The Kier molecular flexibility index (Phi) is 16.3. The molecule has 55 heavy (non-hydrogen) atoms. The first-order valence-corrected chi connectivity index (χ1v) is 16.8. The first-order valence-electron chi connectivity index (χ1n) is 16.8. The van der Waals surface area contributed by atoms with Gasteiger partial charge in [-0.05, 0) is 29.7 Å². The molecule has 5 amide bonds. The van der Waals surface area contributed by atoms with Crippen molar-refractivity contribution >= 4 is 47.4 Å². The van der Waals surface area contributed by atoms with E-state index in [9.17, 15) is 53.7 Å². The van der Waals surface area contributed by atoms with Crippen LogP contribution in [-0.2, 0) is 57.6 Å². The smallest absolute Gasteiger partial charge is 0.326 e. The maximum absolute atomic E-state index is 13.4. The third kappa shape index (κ3) is 15.0. The minimum Gasteiger partial charge on any atom is -0.508 e. The zero-order valence-electron chi connectivity index (χ0n) is 29.3. The number of nitrogens with zero attached hydrogens (tertiary/aromatic N) is 1. The van der Waals surface area contributed by atoms with Gasteiger partial charge in [0.25, 0.3) is 0 Å². The lowest BCUT2D eigenvalue weighted by Crippen LogP contribution is -2.58. The van der Waals surface area contributed by atoms with Crippen molar-refractivity contribution in [3.05, 3.63) is 83.9 Å². The SMILES string of the molecule is N[C@@H](CCC(=O)O)C(=O)N[C@@H](Cc1ccccc1)C(=O)N[C@@H](CC(=O)O)C(=O)NCC(=O)N[C@@H](Cc1ccc(O)cc1)C(=O)N[C@@H](Cc1cnc[nH]1)C(=O)O. The molecule has 0 aliphatic rings. The quantitative estimate of drug-likeness (QED) is 0.0525. The molecule has 3 rings (SSSR count). The Morgan fingerprint density at radius 2 is 1.25 bits per heavy atom. The summed E-state index contributed by atoms with van der Waals surface area (Å²) in [6.07, 6.45) is 0.640. The van der Waals surface area contributed by atoms with E-state index in [-0.39, 0.29) is 31.4 Å². The van der Waals surface area contributed by atoms with Gasteiger partial charge in [0.1, 0.15) is 29.9 Å². The molecule has 0 radical (unpaired) electrons. The number of carboxylic acid groups (broad SMARTS) is 3. The number of imidazole rings is 1. The third-order valence-electron chi connectivity index (χ3n) is 7.98. The lowest BCUT2D eigenvalue weighted by molar-refractivity contribution is -0.142. The summed E-state index contributed by atoms with van der Waals surface area (Å²) < 4.78 is 0. The Balaban J connectivity index is 1.72. The van der Waals surface area contributed by atoms with Crippen LogP contribution in [0, 0.1) is 0 Å². The number of hydrogen-bond donors (Lipinski definition) is 11. The number of benzene rings is 2. The molecule has 1 heterocycles. The van der Waals surface area contributed by atoms with Crippen LogP contribution in [0.1, 0.15) is 36.1 Å². The number of aliphatic carboxylic acids is 3. The highest BCUT2D eigenvalue weighted by Crippen LogP contribution is 2.12. The Morgan fingerprint density at radius 1 is 0.673 bits per heavy atom. The van der Waals surface area contributed by atoms with Gasteiger partial charge in [0.15, 0.2) is 0 Å². The second-order valence-corrected chi connectivity index (χ2v) is 12.3. The van der Waals surface area contributed by atoms with Crippen LogP contribution in [0.25, 0.3) is 0 Å². The van der Waals surface area contributed by atoms with E-state index >= 15 is 0 Å². The van der Waals surface area contributed by atoms with E-state index in [0.29, 0.717) is 16.8 Å². The molecule has 0 fully saturated rings. The van der Waals surface area contributed by atoms with Crippen LogP contribution >= 0.6 is 0 Å². The Labute approximate surface area is 313 Å². The zero-order chi connectivity index (χ0) is 40.5. The molecule has 0 bridgehead atoms. The topological polar surface area (TPSA) is 332 Å². The largest absolute Gasteiger partial charge is 0.508 e. The van der Waals surface area contributed by atoms with Gasteiger partial charge >= 0.3 is 17.9 Å². The molecular weight excluding hydrogens is 724 g/mol. The number of amides is 5. The first kappa shape index (κ1) is 42.6. The van der Waals surface area contributed by atoms with Crippen molar-refractivity contribution in [2.45, 2.75) is 68.7 Å². The normalized spacial score (nSPS) is 13.5. The Hall–Kier alpha value is -6.83. The summed E-state index contributed by atoms with van der Waals surface area (Å²) in [4.78, 5) is 107. The van der Waals surface area contributed by atoms with Gasteiger partial charge in [-0.2, -0.15) is 0 Å². The number of H-pyrrole nitrogens is 1. The summed E-state index contributed by atoms with van der Waals surface area (Å²) in [5.74, 6) is -8.94. The predicted octanol–water partition coefficient (Wildman–Crippen LogP) is -2.05. The fraction of sp³-hybridized carbons (Fsp3) is 0.343. The average Bonchev–Trinajstić information content (AvgIpc) is 3.66. The number of rotatable bonds is 22. The van der Waals surface area contributed by atoms with Crippen molar-refractivity contribution in [1.82, 2.24) is 36.6 Å². The minimum atomic E-state index is -1.76. The van der Waals surface area contributed by atoms with Gasteiger partial charge in [-0.3, -0.25) is 33.6 Å². The van der Waals surface area contributed by atoms with Gasteiger partial charge < -0.3 is 57.7 Å². The molecule has 0 spiro atoms. The fourth-order valence-electron chi connectivity index (χ4n) is 5.11. The van der Waals surface area contributed by atoms with Crippen molar-refractivity contribution < 1.29 is 58.8 Å². The van der Waals surface area contributed by atoms with E-state index in [4.69, 9.17) is 10.8 Å². The van der Waals surface area contributed by atoms with E-state index in [1.807, 2.05) is 0 Å². The second-order valence-electron chi connectivity index (χ2n) is 12.3. The molecule has 2 aromatic carbocycles. The summed E-state index contributed by atoms with van der Waals surface area (Å²) >= 11 is 0.